The molecule has 2 unspecified atom stereocenters. The maximum Gasteiger partial charge on any atom is 0.354 e. The molecule has 2 aromatic rings. The third kappa shape index (κ3) is 5.71. The summed E-state index contributed by atoms with van der Waals surface area (Å²) in [6.45, 7) is 6.14. The Morgan fingerprint density at radius 2 is 1.60 bits per heavy atom. The Labute approximate surface area is 232 Å². The molecule has 1 saturated carbocycles. The molecular weight excluding hydrogens is 514 g/mol. The number of piperidine rings is 1. The van der Waals surface area contributed by atoms with E-state index in [-0.39, 0.29) is 23.7 Å². The SMILES string of the molecule is CC(C)(N)C(=O)N1CCN(C(=O)Nc2ccn(-c3ccc(C[C@H](N)C(=O)N4CC5C(N)C5C4)cc3)c(=O)n2)CC1. The second-order valence-electron chi connectivity index (χ2n) is 11.5. The monoisotopic (exact) mass is 551 g/mol. The van der Waals surface area contributed by atoms with Gasteiger partial charge in [0.15, 0.2) is 0 Å². The number of carbonyl (C=O) groups excluding carboxylic acids is 3. The van der Waals surface area contributed by atoms with Crippen molar-refractivity contribution in [1.29, 1.82) is 0 Å². The molecule has 4 amide bonds. The summed E-state index contributed by atoms with van der Waals surface area (Å²) in [7, 11) is 0. The molecule has 40 heavy (non-hydrogen) atoms. The standard InChI is InChI=1S/C27H37N9O4/c1-27(2,30)24(38)33-9-11-34(12-10-33)25(39)31-21-7-8-36(26(40)32-21)17-5-3-16(4-6-17)13-20(28)23(37)35-14-18-19(15-35)22(18)29/h3-8,18-20,22H,9-15,28-30H2,1-2H3,(H,31,32,39,40)/t18?,19?,20-,22?/m0/s1. The molecule has 3 fully saturated rings. The van der Waals surface area contributed by atoms with E-state index in [4.69, 9.17) is 17.2 Å². The van der Waals surface area contributed by atoms with Crippen molar-refractivity contribution in [1.82, 2.24) is 24.3 Å². The molecule has 0 radical (unpaired) electrons. The lowest BCUT2D eigenvalue weighted by Gasteiger charge is -2.37. The lowest BCUT2D eigenvalue weighted by Crippen LogP contribution is -2.58. The summed E-state index contributed by atoms with van der Waals surface area (Å²) in [5, 5.41) is 2.66. The highest BCUT2D eigenvalue weighted by Crippen LogP contribution is 2.43. The van der Waals surface area contributed by atoms with Crippen LogP contribution in [0.25, 0.3) is 5.69 Å². The Bertz CT molecular complexity index is 1330. The van der Waals surface area contributed by atoms with Gasteiger partial charge in [-0.05, 0) is 55.9 Å². The van der Waals surface area contributed by atoms with Gasteiger partial charge in [0.2, 0.25) is 11.8 Å². The second kappa shape index (κ2) is 10.6. The first-order chi connectivity index (χ1) is 18.9. The van der Waals surface area contributed by atoms with Crippen LogP contribution in [0, 0.1) is 11.8 Å². The number of likely N-dealkylation sites (tertiary alicyclic amines) is 1. The van der Waals surface area contributed by atoms with Gasteiger partial charge in [0.25, 0.3) is 0 Å². The predicted octanol–water partition coefficient (Wildman–Crippen LogP) is -1.07. The smallest absolute Gasteiger partial charge is 0.341 e. The van der Waals surface area contributed by atoms with Crippen LogP contribution in [-0.2, 0) is 16.0 Å². The number of hydrogen-bond donors (Lipinski definition) is 4. The topological polar surface area (TPSA) is 186 Å². The third-order valence-corrected chi connectivity index (χ3v) is 8.00. The van der Waals surface area contributed by atoms with E-state index in [0.29, 0.717) is 63.2 Å². The van der Waals surface area contributed by atoms with Crippen LogP contribution in [0.3, 0.4) is 0 Å². The summed E-state index contributed by atoms with van der Waals surface area (Å²) in [6, 6.07) is 7.93. The minimum absolute atomic E-state index is 0.0589. The number of nitrogens with zero attached hydrogens (tertiary/aromatic N) is 5. The van der Waals surface area contributed by atoms with E-state index in [1.165, 1.54) is 4.57 Å². The Kier molecular flexibility index (Phi) is 7.38. The molecule has 3 atom stereocenters. The van der Waals surface area contributed by atoms with E-state index in [1.807, 2.05) is 17.0 Å². The molecule has 0 bridgehead atoms. The van der Waals surface area contributed by atoms with Gasteiger partial charge in [-0.15, -0.1) is 0 Å². The summed E-state index contributed by atoms with van der Waals surface area (Å²) in [4.78, 5) is 59.5. The molecule has 1 aromatic carbocycles. The molecule has 3 heterocycles. The number of piperazine rings is 1. The van der Waals surface area contributed by atoms with Crippen LogP contribution < -0.4 is 28.2 Å². The highest BCUT2D eigenvalue weighted by atomic mass is 16.2. The van der Waals surface area contributed by atoms with E-state index in [2.05, 4.69) is 10.3 Å². The van der Waals surface area contributed by atoms with Crippen LogP contribution in [0.5, 0.6) is 0 Å². The number of hydrogen-bond acceptors (Lipinski definition) is 8. The van der Waals surface area contributed by atoms with Gasteiger partial charge < -0.3 is 31.9 Å². The van der Waals surface area contributed by atoms with Gasteiger partial charge in [-0.3, -0.25) is 19.5 Å². The minimum atomic E-state index is -0.965. The van der Waals surface area contributed by atoms with Gasteiger partial charge in [0.1, 0.15) is 5.82 Å². The van der Waals surface area contributed by atoms with Crippen LogP contribution in [0.15, 0.2) is 41.3 Å². The molecule has 214 valence electrons. The van der Waals surface area contributed by atoms with Crippen molar-refractivity contribution in [3.63, 3.8) is 0 Å². The molecular formula is C27H37N9O4. The largest absolute Gasteiger partial charge is 0.354 e. The van der Waals surface area contributed by atoms with Gasteiger partial charge in [0, 0.05) is 51.5 Å². The molecule has 13 nitrogen and oxygen atoms in total. The summed E-state index contributed by atoms with van der Waals surface area (Å²) >= 11 is 0. The second-order valence-corrected chi connectivity index (χ2v) is 11.5. The van der Waals surface area contributed by atoms with Gasteiger partial charge in [-0.1, -0.05) is 12.1 Å². The van der Waals surface area contributed by atoms with Crippen LogP contribution in [0.4, 0.5) is 10.6 Å². The number of amides is 4. The Balaban J connectivity index is 1.14. The highest BCUT2D eigenvalue weighted by Gasteiger charge is 2.54. The van der Waals surface area contributed by atoms with Crippen molar-refractivity contribution >= 4 is 23.7 Å². The fraction of sp³-hybridized carbons (Fsp3) is 0.519. The number of urea groups is 1. The first-order valence-electron chi connectivity index (χ1n) is 13.6. The predicted molar refractivity (Wildman–Crippen MR) is 148 cm³/mol. The zero-order valence-electron chi connectivity index (χ0n) is 22.8. The Hall–Kier alpha value is -3.81. The normalized spacial score (nSPS) is 23.0. The minimum Gasteiger partial charge on any atom is -0.341 e. The number of nitrogens with two attached hydrogens (primary N) is 3. The first-order valence-corrected chi connectivity index (χ1v) is 13.6. The quantitative estimate of drug-likeness (QED) is 0.349. The molecule has 2 saturated heterocycles. The van der Waals surface area contributed by atoms with Crippen molar-refractivity contribution < 1.29 is 14.4 Å². The van der Waals surface area contributed by atoms with Crippen LogP contribution in [0.1, 0.15) is 19.4 Å². The van der Waals surface area contributed by atoms with E-state index >= 15 is 0 Å². The lowest BCUT2D eigenvalue weighted by atomic mass is 10.0. The zero-order valence-corrected chi connectivity index (χ0v) is 22.8. The van der Waals surface area contributed by atoms with Crippen molar-refractivity contribution in [3.8, 4) is 5.69 Å². The average molecular weight is 552 g/mol. The van der Waals surface area contributed by atoms with E-state index in [9.17, 15) is 19.2 Å². The molecule has 2 aliphatic heterocycles. The maximum absolute atomic E-state index is 12.7. The Morgan fingerprint density at radius 3 is 2.17 bits per heavy atom. The number of aromatic nitrogens is 2. The Morgan fingerprint density at radius 1 is 1.00 bits per heavy atom. The molecule has 1 aromatic heterocycles. The molecule has 1 aliphatic carbocycles. The molecule has 13 heteroatoms. The van der Waals surface area contributed by atoms with Gasteiger partial charge >= 0.3 is 11.7 Å². The van der Waals surface area contributed by atoms with Gasteiger partial charge in [-0.2, -0.15) is 4.98 Å². The average Bonchev–Trinajstić information content (AvgIpc) is 3.30. The van der Waals surface area contributed by atoms with Crippen LogP contribution in [-0.4, -0.2) is 99.0 Å². The summed E-state index contributed by atoms with van der Waals surface area (Å²) in [5.41, 5.74) is 18.0. The van der Waals surface area contributed by atoms with Gasteiger partial charge in [-0.25, -0.2) is 9.59 Å². The number of rotatable bonds is 6. The zero-order chi connectivity index (χ0) is 28.8. The summed E-state index contributed by atoms with van der Waals surface area (Å²) < 4.78 is 1.36. The van der Waals surface area contributed by atoms with Crippen molar-refractivity contribution in [2.45, 2.75) is 37.9 Å². The maximum atomic E-state index is 12.7. The molecule has 0 spiro atoms. The van der Waals surface area contributed by atoms with E-state index in [0.717, 1.165) is 5.56 Å². The third-order valence-electron chi connectivity index (χ3n) is 8.00. The van der Waals surface area contributed by atoms with E-state index < -0.39 is 23.3 Å². The summed E-state index contributed by atoms with van der Waals surface area (Å²) in [5.74, 6) is 0.745. The first kappa shape index (κ1) is 27.7. The number of nitrogens with one attached hydrogen (secondary N) is 1. The fourth-order valence-corrected chi connectivity index (χ4v) is 5.50. The number of fused-ring (bicyclic) bond motifs is 1. The lowest BCUT2D eigenvalue weighted by molar-refractivity contribution is -0.137. The summed E-state index contributed by atoms with van der Waals surface area (Å²) in [6.07, 6.45) is 1.93. The number of anilines is 1. The van der Waals surface area contributed by atoms with E-state index in [1.54, 1.807) is 48.0 Å². The van der Waals surface area contributed by atoms with Crippen molar-refractivity contribution in [2.75, 3.05) is 44.6 Å². The fourth-order valence-electron chi connectivity index (χ4n) is 5.50. The van der Waals surface area contributed by atoms with Crippen LogP contribution in [0.2, 0.25) is 0 Å². The van der Waals surface area contributed by atoms with Crippen molar-refractivity contribution in [2.24, 2.45) is 29.0 Å². The van der Waals surface area contributed by atoms with Gasteiger partial charge in [0.05, 0.1) is 17.3 Å². The highest BCUT2D eigenvalue weighted by molar-refractivity contribution is 5.89. The molecule has 3 aliphatic rings. The molecule has 5 rings (SSSR count). The van der Waals surface area contributed by atoms with Crippen LogP contribution >= 0.6 is 0 Å². The van der Waals surface area contributed by atoms with Crippen molar-refractivity contribution in [3.05, 3.63) is 52.6 Å². The number of carbonyl (C=O) groups is 3. The number of benzene rings is 1. The molecule has 7 N–H and O–H groups in total.